The average molecular weight is 914 g/mol. The number of carbonyl (C=O) groups excluding carboxylic acids is 3. The van der Waals surface area contributed by atoms with Crippen molar-refractivity contribution in [1.29, 1.82) is 0 Å². The van der Waals surface area contributed by atoms with Gasteiger partial charge in [-0.05, 0) is 132 Å². The standard InChI is InChI=1S/C51H51N3O9S2/c1-30-18-39-36(26-47(65(58,59)60)43-23-35-11-7-9-13-42(35)54(43)50(39)57)25-44(30)62-28-31-19-32(21-38(20-31)52(4)48(55)16-17-51(2,3)64)29-63-46-24-33-14-15-37-22-34-10-6-8-12-41(34)53(37)49(56)40(33)27-45(46)61-5/h6-13,18-21,24-27,37,43,64H,14-17,22-23,28-29H2,1-5H3,(H,58,59,60)/t37-,43+/m1/s1. The number of benzene rings is 5. The lowest BCUT2D eigenvalue weighted by Gasteiger charge is -2.25. The molecule has 0 spiro atoms. The number of anilines is 3. The molecule has 0 saturated heterocycles. The molecule has 9 rings (SSSR count). The molecule has 1 N–H and O–H groups in total. The highest BCUT2D eigenvalue weighted by Gasteiger charge is 2.43. The Morgan fingerprint density at radius 3 is 2.11 bits per heavy atom. The van der Waals surface area contributed by atoms with Gasteiger partial charge in [0.25, 0.3) is 21.9 Å². The molecule has 336 valence electrons. The van der Waals surface area contributed by atoms with E-state index in [1.165, 1.54) is 16.5 Å². The molecule has 5 aromatic carbocycles. The predicted octanol–water partition coefficient (Wildman–Crippen LogP) is 8.94. The van der Waals surface area contributed by atoms with Crippen molar-refractivity contribution in [2.75, 3.05) is 28.9 Å². The summed E-state index contributed by atoms with van der Waals surface area (Å²) < 4.78 is 54.6. The molecule has 0 fully saturated rings. The summed E-state index contributed by atoms with van der Waals surface area (Å²) in [5, 5.41) is 0. The molecular formula is C51H51N3O9S2. The van der Waals surface area contributed by atoms with E-state index in [2.05, 4.69) is 18.7 Å². The van der Waals surface area contributed by atoms with Crippen molar-refractivity contribution < 1.29 is 41.6 Å². The van der Waals surface area contributed by atoms with E-state index in [0.717, 1.165) is 35.2 Å². The minimum absolute atomic E-state index is 0.0438. The zero-order chi connectivity index (χ0) is 45.9. The first-order valence-corrected chi connectivity index (χ1v) is 23.6. The van der Waals surface area contributed by atoms with Crippen LogP contribution in [-0.2, 0) is 47.4 Å². The molecule has 14 heteroatoms. The number of hydrogen-bond acceptors (Lipinski definition) is 9. The van der Waals surface area contributed by atoms with Crippen LogP contribution >= 0.6 is 12.6 Å². The molecule has 0 aromatic heterocycles. The third-order valence-corrected chi connectivity index (χ3v) is 14.1. The van der Waals surface area contributed by atoms with E-state index in [-0.39, 0.29) is 65.0 Å². The van der Waals surface area contributed by atoms with Crippen LogP contribution in [0.1, 0.15) is 92.8 Å². The monoisotopic (exact) mass is 913 g/mol. The van der Waals surface area contributed by atoms with E-state index >= 15 is 0 Å². The molecule has 4 aliphatic rings. The summed E-state index contributed by atoms with van der Waals surface area (Å²) in [7, 11) is -1.42. The zero-order valence-corrected chi connectivity index (χ0v) is 38.7. The van der Waals surface area contributed by atoms with Crippen LogP contribution in [0.3, 0.4) is 0 Å². The Labute approximate surface area is 384 Å². The molecule has 0 aliphatic carbocycles. The quantitative estimate of drug-likeness (QED) is 0.0927. The summed E-state index contributed by atoms with van der Waals surface area (Å²) in [5.41, 5.74) is 8.33. The molecule has 0 saturated carbocycles. The second-order valence-electron chi connectivity index (χ2n) is 18.0. The molecule has 65 heavy (non-hydrogen) atoms. The average Bonchev–Trinajstić information content (AvgIpc) is 3.78. The Morgan fingerprint density at radius 2 is 1.45 bits per heavy atom. The van der Waals surface area contributed by atoms with Crippen LogP contribution in [-0.4, -0.2) is 61.7 Å². The van der Waals surface area contributed by atoms with Gasteiger partial charge in [0.1, 0.15) is 19.0 Å². The molecule has 0 radical (unpaired) electrons. The van der Waals surface area contributed by atoms with Crippen molar-refractivity contribution in [3.05, 3.63) is 146 Å². The van der Waals surface area contributed by atoms with Crippen LogP contribution in [0.15, 0.2) is 95.9 Å². The molecule has 5 aromatic rings. The number of rotatable bonds is 12. The van der Waals surface area contributed by atoms with Gasteiger partial charge < -0.3 is 24.0 Å². The van der Waals surface area contributed by atoms with E-state index in [0.29, 0.717) is 63.7 Å². The lowest BCUT2D eigenvalue weighted by atomic mass is 9.99. The summed E-state index contributed by atoms with van der Waals surface area (Å²) in [6.45, 7) is 5.89. The highest BCUT2D eigenvalue weighted by molar-refractivity contribution is 7.90. The molecule has 4 heterocycles. The van der Waals surface area contributed by atoms with Gasteiger partial charge in [0.15, 0.2) is 11.5 Å². The van der Waals surface area contributed by atoms with E-state index in [1.807, 2.05) is 80.3 Å². The number of fused-ring (bicyclic) bond motifs is 8. The van der Waals surface area contributed by atoms with E-state index in [4.69, 9.17) is 14.2 Å². The topological polar surface area (TPSA) is 143 Å². The number of methoxy groups -OCH3 is 1. The van der Waals surface area contributed by atoms with Crippen molar-refractivity contribution in [3.8, 4) is 17.2 Å². The van der Waals surface area contributed by atoms with Gasteiger partial charge in [-0.15, -0.1) is 0 Å². The number of carbonyl (C=O) groups is 3. The number of thiol groups is 1. The summed E-state index contributed by atoms with van der Waals surface area (Å²) in [6, 6.07) is 27.2. The van der Waals surface area contributed by atoms with Gasteiger partial charge in [-0.2, -0.15) is 21.0 Å². The molecule has 0 unspecified atom stereocenters. The van der Waals surface area contributed by atoms with Gasteiger partial charge in [0.2, 0.25) is 5.91 Å². The summed E-state index contributed by atoms with van der Waals surface area (Å²) in [6.07, 6.45) is 4.77. The fraction of sp³-hybridized carbons (Fsp3) is 0.314. The Bertz CT molecular complexity index is 2920. The second-order valence-corrected chi connectivity index (χ2v) is 20.6. The largest absolute Gasteiger partial charge is 0.493 e. The molecular weight excluding hydrogens is 863 g/mol. The Balaban J connectivity index is 1.01. The second kappa shape index (κ2) is 17.0. The third kappa shape index (κ3) is 8.62. The van der Waals surface area contributed by atoms with Crippen molar-refractivity contribution in [2.24, 2.45) is 0 Å². The maximum Gasteiger partial charge on any atom is 0.292 e. The fourth-order valence-electron chi connectivity index (χ4n) is 9.50. The van der Waals surface area contributed by atoms with Crippen LogP contribution < -0.4 is 28.9 Å². The number of nitrogens with zero attached hydrogens (tertiary/aromatic N) is 3. The normalized spacial score (nSPS) is 17.4. The van der Waals surface area contributed by atoms with Gasteiger partial charge in [-0.25, -0.2) is 0 Å². The minimum Gasteiger partial charge on any atom is -0.493 e. The van der Waals surface area contributed by atoms with E-state index < -0.39 is 16.2 Å². The van der Waals surface area contributed by atoms with E-state index in [1.54, 1.807) is 49.4 Å². The molecule has 0 bridgehead atoms. The van der Waals surface area contributed by atoms with Gasteiger partial charge in [-0.1, -0.05) is 50.2 Å². The minimum atomic E-state index is -4.70. The zero-order valence-electron chi connectivity index (χ0n) is 37.0. The van der Waals surface area contributed by atoms with E-state index in [9.17, 15) is 27.4 Å². The number of aryl methyl sites for hydroxylation is 2. The first-order chi connectivity index (χ1) is 31.0. The third-order valence-electron chi connectivity index (χ3n) is 12.9. The Kier molecular flexibility index (Phi) is 11.6. The molecule has 3 amide bonds. The van der Waals surface area contributed by atoms with Gasteiger partial charge in [0.05, 0.1) is 18.1 Å². The summed E-state index contributed by atoms with van der Waals surface area (Å²) in [4.78, 5) is 46.5. The summed E-state index contributed by atoms with van der Waals surface area (Å²) in [5.74, 6) is 0.796. The fourth-order valence-corrected chi connectivity index (χ4v) is 10.4. The Hall–Kier alpha value is -6.09. The Morgan fingerprint density at radius 1 is 0.815 bits per heavy atom. The highest BCUT2D eigenvalue weighted by Crippen LogP contribution is 2.43. The van der Waals surface area contributed by atoms with Gasteiger partial charge >= 0.3 is 0 Å². The molecule has 2 atom stereocenters. The van der Waals surface area contributed by atoms with Crippen LogP contribution in [0.2, 0.25) is 0 Å². The number of hydrogen-bond donors (Lipinski definition) is 2. The molecule has 4 aliphatic heterocycles. The smallest absolute Gasteiger partial charge is 0.292 e. The number of para-hydroxylation sites is 2. The molecule has 12 nitrogen and oxygen atoms in total. The first-order valence-electron chi connectivity index (χ1n) is 21.7. The van der Waals surface area contributed by atoms with Crippen LogP contribution in [0.25, 0.3) is 6.08 Å². The van der Waals surface area contributed by atoms with Crippen LogP contribution in [0, 0.1) is 6.92 Å². The highest BCUT2D eigenvalue weighted by atomic mass is 32.2. The SMILES string of the molecule is COc1cc2c(cc1OCc1cc(COc3cc4c(cc3C)C(=O)N3c5ccccc5C[C@H]3C(S(=O)(=O)O)=C4)cc(N(C)C(=O)CCC(C)(C)S)c1)CC[C@@H]1Cc3ccccc3N1C2=O. The van der Waals surface area contributed by atoms with Crippen molar-refractivity contribution in [1.82, 2.24) is 0 Å². The maximum atomic E-state index is 14.2. The number of ether oxygens (including phenoxy) is 3. The lowest BCUT2D eigenvalue weighted by molar-refractivity contribution is -0.118. The lowest BCUT2D eigenvalue weighted by Crippen LogP contribution is -2.39. The number of amides is 3. The van der Waals surface area contributed by atoms with Crippen molar-refractivity contribution in [3.63, 3.8) is 0 Å². The van der Waals surface area contributed by atoms with Crippen LogP contribution in [0.5, 0.6) is 17.2 Å². The first kappa shape index (κ1) is 44.1. The van der Waals surface area contributed by atoms with Crippen LogP contribution in [0.4, 0.5) is 17.1 Å². The van der Waals surface area contributed by atoms with Crippen molar-refractivity contribution >= 4 is 63.6 Å². The van der Waals surface area contributed by atoms with Crippen molar-refractivity contribution in [2.45, 2.75) is 89.3 Å². The maximum absolute atomic E-state index is 14.2. The summed E-state index contributed by atoms with van der Waals surface area (Å²) >= 11 is 4.62. The predicted molar refractivity (Wildman–Crippen MR) is 254 cm³/mol. The van der Waals surface area contributed by atoms with Gasteiger partial charge in [0, 0.05) is 58.9 Å². The van der Waals surface area contributed by atoms with Gasteiger partial charge in [-0.3, -0.25) is 23.8 Å².